The van der Waals surface area contributed by atoms with Crippen LogP contribution in [0, 0.1) is 5.92 Å². The number of urea groups is 1. The fraction of sp³-hybridized carbons (Fsp3) is 0.160. The Morgan fingerprint density at radius 2 is 1.56 bits per heavy atom. The number of carbonyl (C=O) groups excluding carboxylic acids is 3. The van der Waals surface area contributed by atoms with Crippen molar-refractivity contribution in [3.8, 4) is 0 Å². The highest BCUT2D eigenvalue weighted by atomic mass is 32.2. The Morgan fingerprint density at radius 1 is 0.875 bits per heavy atom. The topological polar surface area (TPSA) is 78.5 Å². The molecule has 0 saturated carbocycles. The van der Waals surface area contributed by atoms with Gasteiger partial charge in [-0.05, 0) is 48.4 Å². The zero-order chi connectivity index (χ0) is 22.7. The SMILES string of the molecule is CC(C)CN1C(=O)c2ccc(NC(=O)Nc3ccccc3Sc3ccccc3)cc2C1=O. The first kappa shape index (κ1) is 21.6. The molecule has 3 aromatic carbocycles. The van der Waals surface area contributed by atoms with E-state index in [1.54, 1.807) is 30.0 Å². The molecule has 162 valence electrons. The summed E-state index contributed by atoms with van der Waals surface area (Å²) in [6.45, 7) is 4.27. The molecule has 0 unspecified atom stereocenters. The summed E-state index contributed by atoms with van der Waals surface area (Å²) >= 11 is 1.55. The van der Waals surface area contributed by atoms with Crippen LogP contribution in [0.2, 0.25) is 0 Å². The number of anilines is 2. The van der Waals surface area contributed by atoms with Crippen molar-refractivity contribution in [2.24, 2.45) is 5.92 Å². The maximum absolute atomic E-state index is 12.7. The van der Waals surface area contributed by atoms with Crippen LogP contribution in [-0.4, -0.2) is 29.3 Å². The summed E-state index contributed by atoms with van der Waals surface area (Å²) in [5, 5.41) is 5.63. The van der Waals surface area contributed by atoms with E-state index < -0.39 is 6.03 Å². The second-order valence-corrected chi connectivity index (χ2v) is 8.98. The molecule has 2 N–H and O–H groups in total. The van der Waals surface area contributed by atoms with E-state index >= 15 is 0 Å². The van der Waals surface area contributed by atoms with E-state index in [0.717, 1.165) is 9.79 Å². The van der Waals surface area contributed by atoms with Gasteiger partial charge in [0.25, 0.3) is 11.8 Å². The zero-order valence-corrected chi connectivity index (χ0v) is 18.6. The molecule has 1 aliphatic rings. The van der Waals surface area contributed by atoms with Crippen LogP contribution in [0.1, 0.15) is 34.6 Å². The zero-order valence-electron chi connectivity index (χ0n) is 17.8. The van der Waals surface area contributed by atoms with Crippen LogP contribution >= 0.6 is 11.8 Å². The highest BCUT2D eigenvalue weighted by molar-refractivity contribution is 7.99. The van der Waals surface area contributed by atoms with Crippen molar-refractivity contribution in [1.29, 1.82) is 0 Å². The summed E-state index contributed by atoms with van der Waals surface area (Å²) in [5.41, 5.74) is 1.80. The number of rotatable bonds is 6. The van der Waals surface area contributed by atoms with Crippen LogP contribution in [0.3, 0.4) is 0 Å². The van der Waals surface area contributed by atoms with E-state index in [2.05, 4.69) is 10.6 Å². The monoisotopic (exact) mass is 445 g/mol. The lowest BCUT2D eigenvalue weighted by Crippen LogP contribution is -2.33. The minimum Gasteiger partial charge on any atom is -0.308 e. The lowest BCUT2D eigenvalue weighted by atomic mass is 10.1. The van der Waals surface area contributed by atoms with Gasteiger partial charge in [0, 0.05) is 22.0 Å². The number of hydrogen-bond acceptors (Lipinski definition) is 4. The van der Waals surface area contributed by atoms with Crippen molar-refractivity contribution in [1.82, 2.24) is 4.90 Å². The number of para-hydroxylation sites is 1. The predicted molar refractivity (Wildman–Crippen MR) is 126 cm³/mol. The standard InChI is InChI=1S/C25H23N3O3S/c1-16(2)15-28-23(29)19-13-12-17(14-20(19)24(28)30)26-25(31)27-21-10-6-7-11-22(21)32-18-8-4-3-5-9-18/h3-14,16H,15H2,1-2H3,(H2,26,27,31). The second kappa shape index (κ2) is 9.28. The predicted octanol–water partition coefficient (Wildman–Crippen LogP) is 5.73. The minimum atomic E-state index is -0.429. The quantitative estimate of drug-likeness (QED) is 0.475. The van der Waals surface area contributed by atoms with Crippen LogP contribution in [0.5, 0.6) is 0 Å². The van der Waals surface area contributed by atoms with Crippen molar-refractivity contribution in [3.05, 3.63) is 83.9 Å². The molecule has 1 aliphatic heterocycles. The Balaban J connectivity index is 1.47. The van der Waals surface area contributed by atoms with E-state index in [1.807, 2.05) is 68.4 Å². The maximum Gasteiger partial charge on any atom is 0.323 e. The van der Waals surface area contributed by atoms with Crippen LogP contribution in [0.25, 0.3) is 0 Å². The summed E-state index contributed by atoms with van der Waals surface area (Å²) in [6.07, 6.45) is 0. The fourth-order valence-corrected chi connectivity index (χ4v) is 4.38. The van der Waals surface area contributed by atoms with E-state index in [4.69, 9.17) is 0 Å². The smallest absolute Gasteiger partial charge is 0.308 e. The number of amides is 4. The van der Waals surface area contributed by atoms with Crippen LogP contribution in [0.4, 0.5) is 16.2 Å². The van der Waals surface area contributed by atoms with Gasteiger partial charge in [-0.3, -0.25) is 14.5 Å². The molecule has 32 heavy (non-hydrogen) atoms. The average Bonchev–Trinajstić information content (AvgIpc) is 3.00. The highest BCUT2D eigenvalue weighted by Gasteiger charge is 2.35. The summed E-state index contributed by atoms with van der Waals surface area (Å²) in [5.74, 6) is -0.441. The Labute approximate surface area is 191 Å². The van der Waals surface area contributed by atoms with Crippen molar-refractivity contribution < 1.29 is 14.4 Å². The van der Waals surface area contributed by atoms with Crippen molar-refractivity contribution in [2.45, 2.75) is 23.6 Å². The second-order valence-electron chi connectivity index (χ2n) is 7.87. The average molecular weight is 446 g/mol. The molecular formula is C25H23N3O3S. The third-order valence-corrected chi connectivity index (χ3v) is 5.97. The van der Waals surface area contributed by atoms with E-state index in [9.17, 15) is 14.4 Å². The molecule has 4 rings (SSSR count). The van der Waals surface area contributed by atoms with Crippen LogP contribution in [0.15, 0.2) is 82.6 Å². The van der Waals surface area contributed by atoms with Gasteiger partial charge in [0.1, 0.15) is 0 Å². The molecule has 6 nitrogen and oxygen atoms in total. The number of benzene rings is 3. The molecule has 0 bridgehead atoms. The molecule has 0 aromatic heterocycles. The van der Waals surface area contributed by atoms with Crippen molar-refractivity contribution >= 4 is 41.0 Å². The van der Waals surface area contributed by atoms with Gasteiger partial charge in [-0.2, -0.15) is 0 Å². The molecule has 0 saturated heterocycles. The molecule has 0 radical (unpaired) electrons. The molecule has 4 amide bonds. The van der Waals surface area contributed by atoms with Gasteiger partial charge < -0.3 is 10.6 Å². The molecule has 3 aromatic rings. The van der Waals surface area contributed by atoms with Crippen molar-refractivity contribution in [3.63, 3.8) is 0 Å². The van der Waals surface area contributed by atoms with Gasteiger partial charge in [-0.15, -0.1) is 0 Å². The molecule has 0 aliphatic carbocycles. The summed E-state index contributed by atoms with van der Waals surface area (Å²) in [7, 11) is 0. The molecule has 0 fully saturated rings. The maximum atomic E-state index is 12.7. The number of carbonyl (C=O) groups is 3. The molecular weight excluding hydrogens is 422 g/mol. The molecule has 0 atom stereocenters. The van der Waals surface area contributed by atoms with Crippen LogP contribution < -0.4 is 10.6 Å². The highest BCUT2D eigenvalue weighted by Crippen LogP contribution is 2.33. The van der Waals surface area contributed by atoms with Gasteiger partial charge in [0.05, 0.1) is 16.8 Å². The lowest BCUT2D eigenvalue weighted by molar-refractivity contribution is 0.0636. The molecule has 1 heterocycles. The minimum absolute atomic E-state index is 0.175. The summed E-state index contributed by atoms with van der Waals surface area (Å²) < 4.78 is 0. The van der Waals surface area contributed by atoms with Gasteiger partial charge in [0.2, 0.25) is 0 Å². The lowest BCUT2D eigenvalue weighted by Gasteiger charge is -2.15. The largest absolute Gasteiger partial charge is 0.323 e. The molecule has 0 spiro atoms. The van der Waals surface area contributed by atoms with Crippen LogP contribution in [-0.2, 0) is 0 Å². The molecule has 7 heteroatoms. The number of nitrogens with one attached hydrogen (secondary N) is 2. The first-order valence-electron chi connectivity index (χ1n) is 10.3. The first-order chi connectivity index (χ1) is 15.4. The number of hydrogen-bond donors (Lipinski definition) is 2. The summed E-state index contributed by atoms with van der Waals surface area (Å²) in [4.78, 5) is 41.1. The van der Waals surface area contributed by atoms with E-state index in [-0.39, 0.29) is 17.7 Å². The van der Waals surface area contributed by atoms with E-state index in [0.29, 0.717) is 29.0 Å². The van der Waals surface area contributed by atoms with E-state index in [1.165, 1.54) is 4.90 Å². The van der Waals surface area contributed by atoms with Gasteiger partial charge >= 0.3 is 6.03 Å². The van der Waals surface area contributed by atoms with Gasteiger partial charge in [-0.25, -0.2) is 4.79 Å². The third-order valence-electron chi connectivity index (χ3n) is 4.88. The Hall–Kier alpha value is -3.58. The fourth-order valence-electron chi connectivity index (χ4n) is 3.46. The number of nitrogens with zero attached hydrogens (tertiary/aromatic N) is 1. The van der Waals surface area contributed by atoms with Gasteiger partial charge in [0.15, 0.2) is 0 Å². The Bertz CT molecular complexity index is 1180. The van der Waals surface area contributed by atoms with Gasteiger partial charge in [-0.1, -0.05) is 55.9 Å². The number of fused-ring (bicyclic) bond motifs is 1. The normalized spacial score (nSPS) is 12.8. The Kier molecular flexibility index (Phi) is 6.28. The van der Waals surface area contributed by atoms with Crippen molar-refractivity contribution in [2.75, 3.05) is 17.2 Å². The third kappa shape index (κ3) is 4.68. The summed E-state index contributed by atoms with van der Waals surface area (Å²) in [6, 6.07) is 21.8. The number of imide groups is 1. The first-order valence-corrected chi connectivity index (χ1v) is 11.1. The Morgan fingerprint density at radius 3 is 2.31 bits per heavy atom.